The van der Waals surface area contributed by atoms with Crippen LogP contribution in [0.2, 0.25) is 0 Å². The monoisotopic (exact) mass is 266 g/mol. The van der Waals surface area contributed by atoms with Crippen molar-refractivity contribution >= 4 is 17.3 Å². The zero-order chi connectivity index (χ0) is 12.8. The summed E-state index contributed by atoms with van der Waals surface area (Å²) < 4.78 is 7.19. The Bertz CT molecular complexity index is 466. The van der Waals surface area contributed by atoms with Crippen LogP contribution in [-0.4, -0.2) is 28.3 Å². The maximum absolute atomic E-state index is 5.07. The lowest BCUT2D eigenvalue weighted by atomic mass is 10.4. The van der Waals surface area contributed by atoms with Gasteiger partial charge in [-0.1, -0.05) is 0 Å². The first-order valence-corrected chi connectivity index (χ1v) is 6.87. The Balaban J connectivity index is 1.93. The molecule has 0 aromatic carbocycles. The van der Waals surface area contributed by atoms with E-state index >= 15 is 0 Å². The van der Waals surface area contributed by atoms with E-state index in [-0.39, 0.29) is 0 Å². The quantitative estimate of drug-likeness (QED) is 0.781. The van der Waals surface area contributed by atoms with Crippen LogP contribution in [0.15, 0.2) is 17.1 Å². The first kappa shape index (κ1) is 13.0. The molecule has 0 saturated heterocycles. The minimum atomic E-state index is 0.713. The van der Waals surface area contributed by atoms with Gasteiger partial charge >= 0.3 is 0 Å². The fourth-order valence-electron chi connectivity index (χ4n) is 1.73. The summed E-state index contributed by atoms with van der Waals surface area (Å²) >= 11 is 1.61. The maximum atomic E-state index is 5.07. The molecule has 0 unspecified atom stereocenters. The molecule has 0 bridgehead atoms. The van der Waals surface area contributed by atoms with E-state index < -0.39 is 0 Å². The first-order valence-electron chi connectivity index (χ1n) is 5.93. The lowest BCUT2D eigenvalue weighted by Gasteiger charge is -2.08. The molecule has 2 aromatic heterocycles. The predicted octanol–water partition coefficient (Wildman–Crippen LogP) is 2.30. The number of hydrogen-bond donors (Lipinski definition) is 1. The van der Waals surface area contributed by atoms with Gasteiger partial charge in [0.05, 0.1) is 23.4 Å². The number of imidazole rings is 1. The number of aromatic nitrogens is 3. The van der Waals surface area contributed by atoms with Gasteiger partial charge in [0.25, 0.3) is 0 Å². The van der Waals surface area contributed by atoms with Gasteiger partial charge < -0.3 is 14.6 Å². The van der Waals surface area contributed by atoms with E-state index in [9.17, 15) is 0 Å². The van der Waals surface area contributed by atoms with Crippen molar-refractivity contribution in [1.29, 1.82) is 0 Å². The van der Waals surface area contributed by atoms with Crippen molar-refractivity contribution in [3.8, 4) is 0 Å². The van der Waals surface area contributed by atoms with Crippen molar-refractivity contribution in [2.45, 2.75) is 26.4 Å². The first-order chi connectivity index (χ1) is 8.79. The average molecular weight is 266 g/mol. The molecule has 18 heavy (non-hydrogen) atoms. The molecule has 0 aliphatic carbocycles. The molecule has 2 rings (SSSR count). The molecular formula is C12H18N4OS. The van der Waals surface area contributed by atoms with Crippen molar-refractivity contribution in [3.63, 3.8) is 0 Å². The van der Waals surface area contributed by atoms with Crippen molar-refractivity contribution in [3.05, 3.63) is 28.5 Å². The molecular weight excluding hydrogens is 248 g/mol. The Hall–Kier alpha value is -1.40. The highest BCUT2D eigenvalue weighted by Crippen LogP contribution is 2.11. The molecule has 0 fully saturated rings. The largest absolute Gasteiger partial charge is 0.385 e. The second kappa shape index (κ2) is 6.51. The van der Waals surface area contributed by atoms with Crippen LogP contribution in [0.5, 0.6) is 0 Å². The molecule has 0 spiro atoms. The van der Waals surface area contributed by atoms with E-state index in [1.807, 2.05) is 17.8 Å². The number of hydrogen-bond acceptors (Lipinski definition) is 5. The molecule has 2 heterocycles. The van der Waals surface area contributed by atoms with Gasteiger partial charge in [-0.2, -0.15) is 0 Å². The molecule has 0 aliphatic heterocycles. The molecule has 5 nitrogen and oxygen atoms in total. The Labute approximate surface area is 111 Å². The number of ether oxygens (including phenoxy) is 1. The van der Waals surface area contributed by atoms with E-state index in [1.165, 1.54) is 0 Å². The Morgan fingerprint density at radius 2 is 2.39 bits per heavy atom. The predicted molar refractivity (Wildman–Crippen MR) is 72.9 cm³/mol. The lowest BCUT2D eigenvalue weighted by Crippen LogP contribution is -2.08. The third-order valence-electron chi connectivity index (χ3n) is 2.56. The van der Waals surface area contributed by atoms with Crippen molar-refractivity contribution in [1.82, 2.24) is 14.5 Å². The molecule has 0 aliphatic rings. The molecule has 0 amide bonds. The molecule has 0 saturated carbocycles. The van der Waals surface area contributed by atoms with Gasteiger partial charge in [-0.3, -0.25) is 0 Å². The third kappa shape index (κ3) is 3.54. The summed E-state index contributed by atoms with van der Waals surface area (Å²) in [7, 11) is 1.72. The standard InChI is InChI=1S/C12H18N4OS/c1-10-7-16(4-3-5-17-2)12(15-10)13-6-11-8-18-9-14-11/h7-9H,3-6H2,1-2H3,(H,13,15). The number of aryl methyl sites for hydroxylation is 2. The third-order valence-corrected chi connectivity index (χ3v) is 3.19. The van der Waals surface area contributed by atoms with Crippen LogP contribution in [0.1, 0.15) is 17.8 Å². The zero-order valence-corrected chi connectivity index (χ0v) is 11.5. The van der Waals surface area contributed by atoms with Gasteiger partial charge in [0.2, 0.25) is 5.95 Å². The topological polar surface area (TPSA) is 52.0 Å². The van der Waals surface area contributed by atoms with Crippen molar-refractivity contribution in [2.75, 3.05) is 19.0 Å². The Morgan fingerprint density at radius 3 is 3.11 bits per heavy atom. The van der Waals surface area contributed by atoms with Gasteiger partial charge in [-0.15, -0.1) is 11.3 Å². The Morgan fingerprint density at radius 1 is 1.50 bits per heavy atom. The fraction of sp³-hybridized carbons (Fsp3) is 0.500. The van der Waals surface area contributed by atoms with E-state index in [2.05, 4.69) is 26.0 Å². The summed E-state index contributed by atoms with van der Waals surface area (Å²) in [5, 5.41) is 5.36. The normalized spacial score (nSPS) is 10.8. The Kier molecular flexibility index (Phi) is 4.72. The van der Waals surface area contributed by atoms with E-state index in [0.29, 0.717) is 6.54 Å². The molecule has 0 atom stereocenters. The van der Waals surface area contributed by atoms with Gasteiger partial charge in [0.15, 0.2) is 0 Å². The van der Waals surface area contributed by atoms with Crippen LogP contribution in [-0.2, 0) is 17.8 Å². The molecule has 1 N–H and O–H groups in total. The van der Waals surface area contributed by atoms with E-state index in [4.69, 9.17) is 4.74 Å². The van der Waals surface area contributed by atoms with Gasteiger partial charge in [0, 0.05) is 31.8 Å². The summed E-state index contributed by atoms with van der Waals surface area (Å²) in [5.41, 5.74) is 3.91. The highest BCUT2D eigenvalue weighted by atomic mass is 32.1. The fourth-order valence-corrected chi connectivity index (χ4v) is 2.29. The van der Waals surface area contributed by atoms with Gasteiger partial charge in [-0.05, 0) is 13.3 Å². The highest BCUT2D eigenvalue weighted by molar-refractivity contribution is 7.07. The smallest absolute Gasteiger partial charge is 0.203 e. The number of anilines is 1. The van der Waals surface area contributed by atoms with Crippen LogP contribution >= 0.6 is 11.3 Å². The zero-order valence-electron chi connectivity index (χ0n) is 10.7. The second-order valence-corrected chi connectivity index (χ2v) is 4.80. The van der Waals surface area contributed by atoms with Crippen LogP contribution < -0.4 is 5.32 Å². The number of nitrogens with one attached hydrogen (secondary N) is 1. The molecule has 0 radical (unpaired) electrons. The molecule has 6 heteroatoms. The van der Waals surface area contributed by atoms with Crippen molar-refractivity contribution < 1.29 is 4.74 Å². The number of methoxy groups -OCH3 is 1. The summed E-state index contributed by atoms with van der Waals surface area (Å²) in [4.78, 5) is 8.72. The number of nitrogens with zero attached hydrogens (tertiary/aromatic N) is 3. The average Bonchev–Trinajstić information content (AvgIpc) is 2.97. The minimum Gasteiger partial charge on any atom is -0.385 e. The van der Waals surface area contributed by atoms with Crippen LogP contribution in [0.3, 0.4) is 0 Å². The molecule has 2 aromatic rings. The van der Waals surface area contributed by atoms with Crippen LogP contribution in [0.4, 0.5) is 5.95 Å². The summed E-state index contributed by atoms with van der Waals surface area (Å²) in [5.74, 6) is 0.900. The minimum absolute atomic E-state index is 0.713. The van der Waals surface area contributed by atoms with Crippen LogP contribution in [0, 0.1) is 6.92 Å². The van der Waals surface area contributed by atoms with Gasteiger partial charge in [-0.25, -0.2) is 9.97 Å². The summed E-state index contributed by atoms with van der Waals surface area (Å²) in [6, 6.07) is 0. The lowest BCUT2D eigenvalue weighted by molar-refractivity contribution is 0.190. The van der Waals surface area contributed by atoms with E-state index in [0.717, 1.165) is 36.9 Å². The molecule has 98 valence electrons. The summed E-state index contributed by atoms with van der Waals surface area (Å²) in [6.07, 6.45) is 3.04. The second-order valence-electron chi connectivity index (χ2n) is 4.08. The highest BCUT2D eigenvalue weighted by Gasteiger charge is 2.05. The maximum Gasteiger partial charge on any atom is 0.203 e. The number of thiazole rings is 1. The summed E-state index contributed by atoms with van der Waals surface area (Å²) in [6.45, 7) is 4.39. The van der Waals surface area contributed by atoms with E-state index in [1.54, 1.807) is 18.4 Å². The van der Waals surface area contributed by atoms with Crippen molar-refractivity contribution in [2.24, 2.45) is 0 Å². The van der Waals surface area contributed by atoms with Gasteiger partial charge in [0.1, 0.15) is 0 Å². The number of rotatable bonds is 7. The SMILES string of the molecule is COCCCn1cc(C)nc1NCc1cscn1. The van der Waals surface area contributed by atoms with Crippen LogP contribution in [0.25, 0.3) is 0 Å².